The molecule has 6 rings (SSSR count). The van der Waals surface area contributed by atoms with Crippen molar-refractivity contribution < 1.29 is 0 Å². The lowest BCUT2D eigenvalue weighted by molar-refractivity contribution is 0.397. The smallest absolute Gasteiger partial charge is 0.278 e. The molecule has 1 saturated carbocycles. The molecule has 1 fully saturated rings. The average molecular weight is 423 g/mol. The van der Waals surface area contributed by atoms with Gasteiger partial charge in [-0.05, 0) is 49.1 Å². The van der Waals surface area contributed by atoms with Crippen molar-refractivity contribution in [3.05, 3.63) is 95.5 Å². The van der Waals surface area contributed by atoms with Crippen LogP contribution < -0.4 is 5.56 Å². The summed E-state index contributed by atoms with van der Waals surface area (Å²) in [5.74, 6) is 0. The minimum atomic E-state index is 0.0108. The van der Waals surface area contributed by atoms with E-state index in [2.05, 4.69) is 52.5 Å². The zero-order valence-corrected chi connectivity index (χ0v) is 17.8. The average Bonchev–Trinajstić information content (AvgIpc) is 3.49. The predicted octanol–water partition coefficient (Wildman–Crippen LogP) is 4.86. The van der Waals surface area contributed by atoms with E-state index < -0.39 is 0 Å². The molecule has 1 aliphatic carbocycles. The maximum atomic E-state index is 13.3. The summed E-state index contributed by atoms with van der Waals surface area (Å²) in [6.07, 6.45) is 12.3. The van der Waals surface area contributed by atoms with Gasteiger partial charge in [-0.2, -0.15) is 10.2 Å². The minimum absolute atomic E-state index is 0.0108. The molecule has 32 heavy (non-hydrogen) atoms. The van der Waals surface area contributed by atoms with Crippen molar-refractivity contribution in [2.45, 2.75) is 38.3 Å². The molecule has 3 aliphatic rings. The molecular weight excluding hydrogens is 398 g/mol. The Hall–Kier alpha value is -3.67. The molecule has 159 valence electrons. The molecule has 6 heteroatoms. The Morgan fingerprint density at radius 3 is 2.66 bits per heavy atom. The van der Waals surface area contributed by atoms with E-state index in [1.54, 1.807) is 10.9 Å². The molecule has 0 N–H and O–H groups in total. The van der Waals surface area contributed by atoms with Gasteiger partial charge >= 0.3 is 0 Å². The van der Waals surface area contributed by atoms with Crippen LogP contribution in [0.2, 0.25) is 0 Å². The van der Waals surface area contributed by atoms with Crippen LogP contribution in [0.5, 0.6) is 0 Å². The van der Waals surface area contributed by atoms with Crippen molar-refractivity contribution in [3.63, 3.8) is 0 Å². The highest BCUT2D eigenvalue weighted by Gasteiger charge is 2.25. The van der Waals surface area contributed by atoms with Gasteiger partial charge < -0.3 is 4.57 Å². The van der Waals surface area contributed by atoms with Crippen LogP contribution in [0.4, 0.5) is 0 Å². The third-order valence-corrected chi connectivity index (χ3v) is 6.42. The van der Waals surface area contributed by atoms with Gasteiger partial charge in [0.05, 0.1) is 22.8 Å². The first-order valence-electron chi connectivity index (χ1n) is 11.2. The van der Waals surface area contributed by atoms with Crippen LogP contribution in [0.25, 0.3) is 27.8 Å². The van der Waals surface area contributed by atoms with Gasteiger partial charge in [-0.3, -0.25) is 4.79 Å². The summed E-state index contributed by atoms with van der Waals surface area (Å²) in [6.45, 7) is 0.677. The number of nitrogens with zero attached hydrogens (tertiary/aromatic N) is 5. The largest absolute Gasteiger partial charge is 0.342 e. The molecule has 1 unspecified atom stereocenters. The highest BCUT2D eigenvalue weighted by atomic mass is 16.1. The number of pyridine rings is 1. The number of para-hydroxylation sites is 1. The van der Waals surface area contributed by atoms with E-state index in [9.17, 15) is 4.79 Å². The zero-order chi connectivity index (χ0) is 21.5. The Bertz CT molecular complexity index is 1390. The summed E-state index contributed by atoms with van der Waals surface area (Å²) in [5, 5.41) is 10.1. The van der Waals surface area contributed by atoms with Crippen LogP contribution in [-0.4, -0.2) is 24.1 Å². The lowest BCUT2D eigenvalue weighted by atomic mass is 9.96. The summed E-state index contributed by atoms with van der Waals surface area (Å²) in [6, 6.07) is 18.6. The van der Waals surface area contributed by atoms with Gasteiger partial charge in [0, 0.05) is 30.5 Å². The molecular formula is C26H24N5O. The number of benzene rings is 2. The van der Waals surface area contributed by atoms with Crippen molar-refractivity contribution in [1.82, 2.24) is 24.1 Å². The lowest BCUT2D eigenvalue weighted by Crippen LogP contribution is -2.24. The molecule has 1 radical (unpaired) electrons. The summed E-state index contributed by atoms with van der Waals surface area (Å²) >= 11 is 0. The Kier molecular flexibility index (Phi) is 4.63. The van der Waals surface area contributed by atoms with Crippen molar-refractivity contribution >= 4 is 10.9 Å². The number of hydrogen-bond acceptors (Lipinski definition) is 3. The fourth-order valence-electron chi connectivity index (χ4n) is 4.77. The first kappa shape index (κ1) is 19.0. The second-order valence-electron chi connectivity index (χ2n) is 8.49. The lowest BCUT2D eigenvalue weighted by Gasteiger charge is -2.20. The molecule has 0 saturated heterocycles. The van der Waals surface area contributed by atoms with Gasteiger partial charge in [-0.15, -0.1) is 0 Å². The molecule has 1 atom stereocenters. The number of fused-ring (bicyclic) bond motifs is 3. The van der Waals surface area contributed by atoms with E-state index >= 15 is 0 Å². The van der Waals surface area contributed by atoms with E-state index in [0.29, 0.717) is 12.1 Å². The van der Waals surface area contributed by atoms with Crippen LogP contribution in [0.15, 0.2) is 78.0 Å². The van der Waals surface area contributed by atoms with Crippen LogP contribution in [0.1, 0.15) is 37.3 Å². The molecule has 0 spiro atoms. The first-order valence-corrected chi connectivity index (χ1v) is 11.2. The van der Waals surface area contributed by atoms with Gasteiger partial charge in [-0.25, -0.2) is 9.36 Å². The van der Waals surface area contributed by atoms with Gasteiger partial charge in [0.1, 0.15) is 5.69 Å². The van der Waals surface area contributed by atoms with Crippen molar-refractivity contribution in [1.29, 1.82) is 0 Å². The Morgan fingerprint density at radius 1 is 1.00 bits per heavy atom. The maximum Gasteiger partial charge on any atom is 0.278 e. The van der Waals surface area contributed by atoms with E-state index in [1.807, 2.05) is 35.3 Å². The van der Waals surface area contributed by atoms with Crippen LogP contribution >= 0.6 is 0 Å². The van der Waals surface area contributed by atoms with Gasteiger partial charge in [0.15, 0.2) is 0 Å². The standard InChI is InChI=1S/C26H24N5O/c32-26-23-18-29(17-19-11-13-20(14-12-19)30-16-6-15-27-30)24-10-5-4-9-22(24)25(23)28-31(26)21-7-2-1-3-8-21/h4-7,9-16,18,21H,1-3,8,17H2. The normalized spacial score (nSPS) is 15.0. The van der Waals surface area contributed by atoms with E-state index in [1.165, 1.54) is 6.42 Å². The SMILES string of the molecule is O=c1c2cn(Cc3ccc(-n4cccn4)cc3)c3ccccc3c-2nn1C1[CH]CCCC1. The zero-order valence-electron chi connectivity index (χ0n) is 17.8. The van der Waals surface area contributed by atoms with Crippen molar-refractivity contribution in [2.24, 2.45) is 0 Å². The molecule has 3 aromatic rings. The Morgan fingerprint density at radius 2 is 1.88 bits per heavy atom. The fourth-order valence-corrected chi connectivity index (χ4v) is 4.77. The Labute approximate surface area is 186 Å². The molecule has 2 aromatic carbocycles. The number of aromatic nitrogens is 5. The third kappa shape index (κ3) is 3.23. The van der Waals surface area contributed by atoms with Crippen LogP contribution in [0, 0.1) is 6.42 Å². The summed E-state index contributed by atoms with van der Waals surface area (Å²) in [4.78, 5) is 13.3. The highest BCUT2D eigenvalue weighted by Crippen LogP contribution is 2.31. The predicted molar refractivity (Wildman–Crippen MR) is 125 cm³/mol. The molecule has 0 bridgehead atoms. The van der Waals surface area contributed by atoms with E-state index in [0.717, 1.165) is 47.1 Å². The quantitative estimate of drug-likeness (QED) is 0.416. The number of rotatable bonds is 4. The maximum absolute atomic E-state index is 13.3. The fraction of sp³-hybridized carbons (Fsp3) is 0.231. The second kappa shape index (κ2) is 7.79. The monoisotopic (exact) mass is 422 g/mol. The van der Waals surface area contributed by atoms with Crippen molar-refractivity contribution in [3.8, 4) is 16.9 Å². The summed E-state index contributed by atoms with van der Waals surface area (Å²) in [5.41, 5.74) is 4.77. The highest BCUT2D eigenvalue weighted by molar-refractivity contribution is 5.93. The Balaban J connectivity index is 1.43. The minimum Gasteiger partial charge on any atom is -0.342 e. The van der Waals surface area contributed by atoms with Gasteiger partial charge in [-0.1, -0.05) is 43.2 Å². The summed E-state index contributed by atoms with van der Waals surface area (Å²) < 4.78 is 5.72. The molecule has 6 nitrogen and oxygen atoms in total. The van der Waals surface area contributed by atoms with Gasteiger partial charge in [0.25, 0.3) is 5.56 Å². The number of hydrogen-bond donors (Lipinski definition) is 0. The molecule has 2 aliphatic heterocycles. The van der Waals surface area contributed by atoms with Crippen molar-refractivity contribution in [2.75, 3.05) is 0 Å². The summed E-state index contributed by atoms with van der Waals surface area (Å²) in [7, 11) is 0. The van der Waals surface area contributed by atoms with E-state index in [-0.39, 0.29) is 11.6 Å². The first-order chi connectivity index (χ1) is 15.8. The van der Waals surface area contributed by atoms with Crippen LogP contribution in [0.3, 0.4) is 0 Å². The topological polar surface area (TPSA) is 57.6 Å². The molecule has 1 aromatic heterocycles. The second-order valence-corrected chi connectivity index (χ2v) is 8.49. The third-order valence-electron chi connectivity index (χ3n) is 6.42. The van der Waals surface area contributed by atoms with Gasteiger partial charge in [0.2, 0.25) is 0 Å². The molecule has 0 amide bonds. The van der Waals surface area contributed by atoms with Crippen LogP contribution in [-0.2, 0) is 6.54 Å². The van der Waals surface area contributed by atoms with E-state index in [4.69, 9.17) is 5.10 Å². The molecule has 3 heterocycles.